The van der Waals surface area contributed by atoms with Crippen molar-refractivity contribution in [2.45, 2.75) is 47.1 Å². The van der Waals surface area contributed by atoms with Crippen molar-refractivity contribution in [2.75, 3.05) is 7.11 Å². The van der Waals surface area contributed by atoms with E-state index < -0.39 is 23.3 Å². The zero-order valence-electron chi connectivity index (χ0n) is 11.0. The van der Waals surface area contributed by atoms with E-state index in [1.54, 1.807) is 12.7 Å². The van der Waals surface area contributed by atoms with Crippen molar-refractivity contribution in [3.8, 4) is 0 Å². The molecule has 1 aliphatic rings. The second kappa shape index (κ2) is 3.99. The molecule has 0 unspecified atom stereocenters. The number of halogens is 1. The Labute approximate surface area is 109 Å². The molecule has 0 radical (unpaired) electrons. The molecule has 1 nitrogen and oxygen atoms in total. The summed E-state index contributed by atoms with van der Waals surface area (Å²) in [7, 11) is 8.09. The van der Waals surface area contributed by atoms with Gasteiger partial charge in [-0.1, -0.05) is 0 Å². The molecule has 84 valence electrons. The van der Waals surface area contributed by atoms with Gasteiger partial charge >= 0.3 is 110 Å². The standard InChI is InChI=1S/C12H21O.ClH.Hg/c1-10(2,13-7)8-9-11(3,4)12(9,5)6;;/h1-7H3;1H;/q;;+1/p-1. The monoisotopic (exact) mass is 418 g/mol. The summed E-state index contributed by atoms with van der Waals surface area (Å²) >= 11 is -1.43. The normalized spacial score (nSPS) is 22.3. The van der Waals surface area contributed by atoms with Crippen LogP contribution < -0.4 is 0 Å². The number of methoxy groups -OCH3 is 1. The summed E-state index contributed by atoms with van der Waals surface area (Å²) in [6.45, 7) is 13.5. The van der Waals surface area contributed by atoms with Gasteiger partial charge in [0, 0.05) is 0 Å². The van der Waals surface area contributed by atoms with Crippen LogP contribution in [0.5, 0.6) is 0 Å². The number of hydrogen-bond acceptors (Lipinski definition) is 1. The fourth-order valence-electron chi connectivity index (χ4n) is 2.44. The first kappa shape index (κ1) is 14.0. The third kappa shape index (κ3) is 2.04. The molecular weight excluding hydrogens is 396 g/mol. The second-order valence-corrected chi connectivity index (χ2v) is 12.1. The molecule has 3 heteroatoms. The second-order valence-electron chi connectivity index (χ2n) is 5.95. The third-order valence-corrected chi connectivity index (χ3v) is 12.5. The molecule has 0 bridgehead atoms. The molecule has 1 rings (SSSR count). The van der Waals surface area contributed by atoms with Gasteiger partial charge in [0.25, 0.3) is 0 Å². The first-order chi connectivity index (χ1) is 6.63. The molecule has 15 heavy (non-hydrogen) atoms. The summed E-state index contributed by atoms with van der Waals surface area (Å²) < 4.78 is 7.07. The van der Waals surface area contributed by atoms with E-state index in [-0.39, 0.29) is 5.60 Å². The van der Waals surface area contributed by atoms with Gasteiger partial charge in [-0.2, -0.15) is 0 Å². The first-order valence-corrected chi connectivity index (χ1v) is 15.0. The van der Waals surface area contributed by atoms with Crippen LogP contribution in [0, 0.1) is 10.8 Å². The molecule has 1 fully saturated rings. The topological polar surface area (TPSA) is 9.23 Å². The van der Waals surface area contributed by atoms with Crippen molar-refractivity contribution in [3.05, 3.63) is 8.65 Å². The van der Waals surface area contributed by atoms with Gasteiger partial charge in [0.05, 0.1) is 0 Å². The van der Waals surface area contributed by atoms with Gasteiger partial charge in [0.1, 0.15) is 0 Å². The molecule has 0 atom stereocenters. The van der Waals surface area contributed by atoms with Crippen LogP contribution in [0.4, 0.5) is 0 Å². The van der Waals surface area contributed by atoms with Crippen LogP contribution >= 0.6 is 8.25 Å². The molecular formula is C12H21ClHgO. The van der Waals surface area contributed by atoms with Gasteiger partial charge < -0.3 is 0 Å². The van der Waals surface area contributed by atoms with Gasteiger partial charge in [0.15, 0.2) is 0 Å². The zero-order chi connectivity index (χ0) is 12.1. The van der Waals surface area contributed by atoms with Crippen molar-refractivity contribution in [1.82, 2.24) is 0 Å². The number of ether oxygens (including phenoxy) is 1. The van der Waals surface area contributed by atoms with Crippen LogP contribution in [0.2, 0.25) is 0 Å². The van der Waals surface area contributed by atoms with E-state index in [1.807, 2.05) is 0 Å². The van der Waals surface area contributed by atoms with E-state index in [2.05, 4.69) is 41.5 Å². The number of rotatable bonds is 3. The Morgan fingerprint density at radius 2 is 1.60 bits per heavy atom. The molecule has 0 aromatic rings. The number of allylic oxidation sites excluding steroid dienone is 1. The van der Waals surface area contributed by atoms with Crippen LogP contribution in [0.3, 0.4) is 0 Å². The van der Waals surface area contributed by atoms with E-state index in [9.17, 15) is 0 Å². The van der Waals surface area contributed by atoms with Crippen molar-refractivity contribution in [1.29, 1.82) is 0 Å². The van der Waals surface area contributed by atoms with E-state index >= 15 is 0 Å². The summed E-state index contributed by atoms with van der Waals surface area (Å²) in [6, 6.07) is 0. The molecule has 0 heterocycles. The minimum atomic E-state index is -1.43. The van der Waals surface area contributed by atoms with Crippen LogP contribution in [-0.2, 0) is 28.1 Å². The fourth-order valence-corrected chi connectivity index (χ4v) is 12.2. The summed E-state index contributed by atoms with van der Waals surface area (Å²) in [6.07, 6.45) is 0. The summed E-state index contributed by atoms with van der Waals surface area (Å²) in [5.41, 5.74) is 2.04. The van der Waals surface area contributed by atoms with E-state index in [1.165, 1.54) is 3.08 Å². The molecule has 0 N–H and O–H groups in total. The maximum atomic E-state index is 6.30. The van der Waals surface area contributed by atoms with Crippen LogP contribution in [0.15, 0.2) is 8.65 Å². The van der Waals surface area contributed by atoms with Gasteiger partial charge in [-0.25, -0.2) is 0 Å². The first-order valence-electron chi connectivity index (χ1n) is 5.48. The molecule has 0 saturated heterocycles. The average molecular weight is 417 g/mol. The number of hydrogen-bond donors (Lipinski definition) is 0. The minimum absolute atomic E-state index is 0.149. The fraction of sp³-hybridized carbons (Fsp3) is 0.833. The van der Waals surface area contributed by atoms with Gasteiger partial charge in [-0.3, -0.25) is 0 Å². The van der Waals surface area contributed by atoms with Gasteiger partial charge in [0.2, 0.25) is 0 Å². The SMILES string of the molecule is COC(C)(C)[C]([Hg][Cl])=C1C(C)(C)C1(C)C. The summed E-state index contributed by atoms with van der Waals surface area (Å²) in [5, 5.41) is 0. The average Bonchev–Trinajstić information content (AvgIpc) is 2.49. The Bertz CT molecular complexity index is 287. The Morgan fingerprint density at radius 3 is 1.80 bits per heavy atom. The summed E-state index contributed by atoms with van der Waals surface area (Å²) in [5.74, 6) is 0. The maximum absolute atomic E-state index is 6.30. The van der Waals surface area contributed by atoms with Crippen LogP contribution in [0.1, 0.15) is 41.5 Å². The third-order valence-electron chi connectivity index (χ3n) is 4.42. The molecule has 0 aromatic carbocycles. The van der Waals surface area contributed by atoms with E-state index in [4.69, 9.17) is 13.0 Å². The quantitative estimate of drug-likeness (QED) is 0.632. The zero-order valence-corrected chi connectivity index (χ0v) is 17.2. The molecule has 0 aromatic heterocycles. The van der Waals surface area contributed by atoms with Crippen LogP contribution in [-0.4, -0.2) is 12.7 Å². The predicted molar refractivity (Wildman–Crippen MR) is 61.5 cm³/mol. The van der Waals surface area contributed by atoms with Crippen molar-refractivity contribution >= 4 is 8.25 Å². The molecule has 0 amide bonds. The Kier molecular flexibility index (Phi) is 3.72. The Morgan fingerprint density at radius 1 is 1.20 bits per heavy atom. The molecule has 0 spiro atoms. The van der Waals surface area contributed by atoms with Crippen molar-refractivity contribution in [3.63, 3.8) is 0 Å². The summed E-state index contributed by atoms with van der Waals surface area (Å²) in [4.78, 5) is 0. The van der Waals surface area contributed by atoms with Crippen molar-refractivity contribution < 1.29 is 28.1 Å². The van der Waals surface area contributed by atoms with E-state index in [0.717, 1.165) is 0 Å². The Hall–Kier alpha value is 0.925. The van der Waals surface area contributed by atoms with Crippen LogP contribution in [0.25, 0.3) is 0 Å². The van der Waals surface area contributed by atoms with Crippen molar-refractivity contribution in [2.24, 2.45) is 10.8 Å². The molecule has 1 aliphatic carbocycles. The predicted octanol–water partition coefficient (Wildman–Crippen LogP) is 3.97. The Balaban J connectivity index is 3.21. The van der Waals surface area contributed by atoms with Gasteiger partial charge in [-0.05, 0) is 0 Å². The molecule has 1 saturated carbocycles. The van der Waals surface area contributed by atoms with Gasteiger partial charge in [-0.15, -0.1) is 0 Å². The molecule has 0 aliphatic heterocycles. The van der Waals surface area contributed by atoms with E-state index in [0.29, 0.717) is 10.8 Å².